The molecule has 2 aliphatic heterocycles. The first-order chi connectivity index (χ1) is 22.0. The Morgan fingerprint density at radius 3 is 2.49 bits per heavy atom. The maximum absolute atomic E-state index is 14.2. The summed E-state index contributed by atoms with van der Waals surface area (Å²) in [7, 11) is 0. The number of rotatable bonds is 9. The number of Topliss-reactive ketones (excluding diaryl/α,β-unsaturated/α-hetero) is 1. The summed E-state index contributed by atoms with van der Waals surface area (Å²) in [6.45, 7) is 13.2. The minimum Gasteiger partial charge on any atom is -0.393 e. The van der Waals surface area contributed by atoms with Crippen molar-refractivity contribution in [2.45, 2.75) is 154 Å². The lowest BCUT2D eigenvalue weighted by atomic mass is 9.42. The zero-order chi connectivity index (χ0) is 33.9. The lowest BCUT2D eigenvalue weighted by molar-refractivity contribution is -0.168. The van der Waals surface area contributed by atoms with E-state index < -0.39 is 45.9 Å². The van der Waals surface area contributed by atoms with E-state index >= 15 is 0 Å². The molecule has 2 heterocycles. The second-order valence-electron chi connectivity index (χ2n) is 18.1. The number of ether oxygens (including phenoxy) is 1. The summed E-state index contributed by atoms with van der Waals surface area (Å²) in [5, 5.41) is 52.1. The molecule has 8 heteroatoms. The molecule has 262 valence electrons. The minimum atomic E-state index is -1.22. The lowest BCUT2D eigenvalue weighted by Gasteiger charge is -2.63. The van der Waals surface area contributed by atoms with Gasteiger partial charge >= 0.3 is 0 Å². The lowest BCUT2D eigenvalue weighted by Crippen LogP contribution is -2.65. The van der Waals surface area contributed by atoms with Crippen LogP contribution in [0.4, 0.5) is 0 Å². The first-order valence-corrected chi connectivity index (χ1v) is 18.6. The van der Waals surface area contributed by atoms with Crippen molar-refractivity contribution < 1.29 is 30.0 Å². The third-order valence-electron chi connectivity index (χ3n) is 15.5. The molecule has 7 N–H and O–H groups in total. The standard InChI is InChI=1S/C39H60N2O6/c1-7-14-38(45,33-32(47-33)37(6,44)34(2,3)15-10-22-13-18-41-29(40)19-22)28-20-23-8-9-25-30-26(12-17-36(28,5)39(23,30)46)35(4)16-11-24(42)21-27(35)31(25)43/h13,19,23-24,26-28,32-33,41-42,44-46H,7-12,14-18,20-21,40H2,1-6H3. The molecule has 12 unspecified atom stereocenters. The summed E-state index contributed by atoms with van der Waals surface area (Å²) in [6, 6.07) is 0. The maximum atomic E-state index is 14.2. The first kappa shape index (κ1) is 33.8. The fourth-order valence-electron chi connectivity index (χ4n) is 12.1. The molecule has 0 radical (unpaired) electrons. The number of fused-ring (bicyclic) bond motifs is 2. The van der Waals surface area contributed by atoms with Gasteiger partial charge in [0.15, 0.2) is 5.78 Å². The topological polar surface area (TPSA) is 149 Å². The van der Waals surface area contributed by atoms with Crippen molar-refractivity contribution in [1.29, 1.82) is 0 Å². The molecule has 0 aromatic heterocycles. The third-order valence-corrected chi connectivity index (χ3v) is 15.5. The molecule has 0 amide bonds. The zero-order valence-corrected chi connectivity index (χ0v) is 29.6. The highest BCUT2D eigenvalue weighted by Gasteiger charge is 2.76. The van der Waals surface area contributed by atoms with Crippen LogP contribution in [0.15, 0.2) is 34.7 Å². The van der Waals surface area contributed by atoms with Crippen molar-refractivity contribution >= 4 is 5.78 Å². The first-order valence-electron chi connectivity index (χ1n) is 18.6. The molecule has 8 nitrogen and oxygen atoms in total. The SMILES string of the molecule is CCCC(O)(C1OC1C(C)(O)C(C)(C)CCC1=CCNC(N)=C1)C1CC2CCC3=C4C(CCC1(C)C42O)C1(C)CCC(O)CC1C3=O. The highest BCUT2D eigenvalue weighted by atomic mass is 16.6. The van der Waals surface area contributed by atoms with Crippen molar-refractivity contribution in [1.82, 2.24) is 5.32 Å². The summed E-state index contributed by atoms with van der Waals surface area (Å²) in [5.41, 5.74) is 4.04. The number of dihydropyridines is 1. The van der Waals surface area contributed by atoms with E-state index in [1.807, 2.05) is 13.0 Å². The molecule has 0 aromatic carbocycles. The number of aliphatic hydroxyl groups excluding tert-OH is 1. The monoisotopic (exact) mass is 652 g/mol. The summed E-state index contributed by atoms with van der Waals surface area (Å²) in [6.07, 6.45) is 11.2. The summed E-state index contributed by atoms with van der Waals surface area (Å²) >= 11 is 0. The summed E-state index contributed by atoms with van der Waals surface area (Å²) in [5.74, 6) is 0.502. The largest absolute Gasteiger partial charge is 0.393 e. The molecule has 0 bridgehead atoms. The second-order valence-corrected chi connectivity index (χ2v) is 18.1. The average molecular weight is 653 g/mol. The van der Waals surface area contributed by atoms with Gasteiger partial charge in [0.2, 0.25) is 0 Å². The molecule has 0 spiro atoms. The molecule has 1 saturated heterocycles. The number of epoxide rings is 1. The van der Waals surface area contributed by atoms with Gasteiger partial charge in [0.25, 0.3) is 0 Å². The van der Waals surface area contributed by atoms with Crippen LogP contribution in [0, 0.1) is 39.9 Å². The quantitative estimate of drug-likeness (QED) is 0.195. The molecule has 47 heavy (non-hydrogen) atoms. The van der Waals surface area contributed by atoms with Gasteiger partial charge in [-0.05, 0) is 129 Å². The van der Waals surface area contributed by atoms with Crippen molar-refractivity contribution in [2.24, 2.45) is 45.7 Å². The fourth-order valence-corrected chi connectivity index (χ4v) is 12.1. The number of nitrogens with two attached hydrogens (primary N) is 1. The van der Waals surface area contributed by atoms with E-state index in [1.54, 1.807) is 0 Å². The summed E-state index contributed by atoms with van der Waals surface area (Å²) < 4.78 is 6.44. The summed E-state index contributed by atoms with van der Waals surface area (Å²) in [4.78, 5) is 14.2. The molecule has 3 saturated carbocycles. The van der Waals surface area contributed by atoms with Crippen LogP contribution in [0.3, 0.4) is 0 Å². The molecule has 7 aliphatic rings. The van der Waals surface area contributed by atoms with Gasteiger partial charge < -0.3 is 36.2 Å². The van der Waals surface area contributed by atoms with E-state index in [1.165, 1.54) is 0 Å². The Hall–Kier alpha value is -1.71. The number of carbonyl (C=O) groups is 1. The number of aliphatic hydroxyl groups is 4. The number of ketones is 1. The third kappa shape index (κ3) is 4.60. The van der Waals surface area contributed by atoms with E-state index in [0.717, 1.165) is 61.7 Å². The number of nitrogens with one attached hydrogen (secondary N) is 1. The van der Waals surface area contributed by atoms with Crippen molar-refractivity contribution in [3.05, 3.63) is 34.7 Å². The maximum Gasteiger partial charge on any atom is 0.162 e. The minimum absolute atomic E-state index is 0.0301. The molecular weight excluding hydrogens is 592 g/mol. The van der Waals surface area contributed by atoms with E-state index in [9.17, 15) is 25.2 Å². The normalized spacial score (nSPS) is 45.1. The van der Waals surface area contributed by atoms with Gasteiger partial charge in [-0.1, -0.05) is 47.1 Å². The van der Waals surface area contributed by atoms with Crippen LogP contribution in [0.5, 0.6) is 0 Å². The highest BCUT2D eigenvalue weighted by molar-refractivity contribution is 6.00. The molecule has 7 rings (SSSR count). The van der Waals surface area contributed by atoms with E-state index in [2.05, 4.69) is 46.0 Å². The van der Waals surface area contributed by atoms with Gasteiger partial charge in [-0.25, -0.2) is 0 Å². The van der Waals surface area contributed by atoms with Crippen molar-refractivity contribution in [2.75, 3.05) is 6.54 Å². The van der Waals surface area contributed by atoms with Crippen LogP contribution in [-0.4, -0.2) is 67.9 Å². The molecule has 4 fully saturated rings. The Kier molecular flexibility index (Phi) is 7.83. The van der Waals surface area contributed by atoms with Gasteiger partial charge in [0.05, 0.1) is 28.7 Å². The van der Waals surface area contributed by atoms with E-state index in [0.29, 0.717) is 44.5 Å². The highest BCUT2D eigenvalue weighted by Crippen LogP contribution is 2.74. The van der Waals surface area contributed by atoms with Gasteiger partial charge in [-0.2, -0.15) is 0 Å². The van der Waals surface area contributed by atoms with Gasteiger partial charge in [0, 0.05) is 17.9 Å². The molecule has 0 aromatic rings. The van der Waals surface area contributed by atoms with Crippen LogP contribution >= 0.6 is 0 Å². The Morgan fingerprint density at radius 1 is 1.04 bits per heavy atom. The Morgan fingerprint density at radius 2 is 1.79 bits per heavy atom. The average Bonchev–Trinajstić information content (AvgIpc) is 3.79. The number of hydrogen-bond donors (Lipinski definition) is 6. The van der Waals surface area contributed by atoms with E-state index in [-0.39, 0.29) is 34.9 Å². The van der Waals surface area contributed by atoms with Gasteiger partial charge in [0.1, 0.15) is 12.2 Å². The smallest absolute Gasteiger partial charge is 0.162 e. The van der Waals surface area contributed by atoms with E-state index in [4.69, 9.17) is 10.5 Å². The Bertz CT molecular complexity index is 1420. The molecular formula is C39H60N2O6. The van der Waals surface area contributed by atoms with Crippen molar-refractivity contribution in [3.8, 4) is 0 Å². The number of carbonyl (C=O) groups excluding carboxylic acids is 1. The predicted octanol–water partition coefficient (Wildman–Crippen LogP) is 4.80. The Labute approximate surface area is 281 Å². The van der Waals surface area contributed by atoms with Crippen LogP contribution < -0.4 is 11.1 Å². The number of hydrogen-bond acceptors (Lipinski definition) is 8. The number of allylic oxidation sites excluding steroid dienone is 3. The second kappa shape index (κ2) is 10.9. The van der Waals surface area contributed by atoms with Gasteiger partial charge in [-0.15, -0.1) is 0 Å². The molecule has 5 aliphatic carbocycles. The van der Waals surface area contributed by atoms with Crippen LogP contribution in [0.25, 0.3) is 0 Å². The molecule has 12 atom stereocenters. The van der Waals surface area contributed by atoms with Crippen LogP contribution in [-0.2, 0) is 9.53 Å². The van der Waals surface area contributed by atoms with Crippen LogP contribution in [0.2, 0.25) is 0 Å². The van der Waals surface area contributed by atoms with Crippen LogP contribution in [0.1, 0.15) is 119 Å². The van der Waals surface area contributed by atoms with Gasteiger partial charge in [-0.3, -0.25) is 4.79 Å². The predicted molar refractivity (Wildman–Crippen MR) is 181 cm³/mol. The fraction of sp³-hybridized carbons (Fsp3) is 0.821. The Balaban J connectivity index is 1.19. The zero-order valence-electron chi connectivity index (χ0n) is 29.6. The van der Waals surface area contributed by atoms with Crippen molar-refractivity contribution in [3.63, 3.8) is 0 Å².